The van der Waals surface area contributed by atoms with Gasteiger partial charge in [0.2, 0.25) is 0 Å². The molecule has 3 nitrogen and oxygen atoms in total. The summed E-state index contributed by atoms with van der Waals surface area (Å²) in [6.07, 6.45) is 7.68. The average Bonchev–Trinajstić information content (AvgIpc) is 2.61. The molecule has 0 unspecified atom stereocenters. The van der Waals surface area contributed by atoms with E-state index in [1.54, 1.807) is 0 Å². The molecule has 80 valence electrons. The predicted molar refractivity (Wildman–Crippen MR) is 56.2 cm³/mol. The van der Waals surface area contributed by atoms with Crippen LogP contribution in [0.15, 0.2) is 0 Å². The number of likely N-dealkylation sites (tertiary alicyclic amines) is 1. The van der Waals surface area contributed by atoms with Crippen LogP contribution in [0, 0.1) is 5.92 Å². The van der Waals surface area contributed by atoms with Crippen molar-refractivity contribution in [2.75, 3.05) is 19.6 Å². The summed E-state index contributed by atoms with van der Waals surface area (Å²) in [5, 5.41) is 3.01. The molecule has 14 heavy (non-hydrogen) atoms. The van der Waals surface area contributed by atoms with Crippen molar-refractivity contribution in [3.63, 3.8) is 0 Å². The molecule has 0 bridgehead atoms. The van der Waals surface area contributed by atoms with Crippen molar-refractivity contribution in [2.45, 2.75) is 38.5 Å². The van der Waals surface area contributed by atoms with Crippen LogP contribution in [0.2, 0.25) is 0 Å². The van der Waals surface area contributed by atoms with Gasteiger partial charge in [-0.25, -0.2) is 4.79 Å². The Kier molecular flexibility index (Phi) is 3.27. The number of hydrogen-bond donors (Lipinski definition) is 1. The molecule has 2 aliphatic rings. The van der Waals surface area contributed by atoms with E-state index < -0.39 is 0 Å². The summed E-state index contributed by atoms with van der Waals surface area (Å²) >= 11 is 0. The summed E-state index contributed by atoms with van der Waals surface area (Å²) in [5.41, 5.74) is 0. The first-order chi connectivity index (χ1) is 6.86. The predicted octanol–water partition coefficient (Wildman–Crippen LogP) is 1.98. The van der Waals surface area contributed by atoms with Gasteiger partial charge in [-0.15, -0.1) is 0 Å². The summed E-state index contributed by atoms with van der Waals surface area (Å²) in [5.74, 6) is 0.897. The first-order valence-corrected chi connectivity index (χ1v) is 5.89. The van der Waals surface area contributed by atoms with Crippen LogP contribution in [0.4, 0.5) is 4.79 Å². The van der Waals surface area contributed by atoms with Gasteiger partial charge in [0.15, 0.2) is 0 Å². The number of carbonyl (C=O) groups excluding carboxylic acids is 1. The standard InChI is InChI=1S/C11H20N2O/c14-11(13-8-1-2-9-13)12-7-6-10-4-3-5-10/h10H,1-9H2,(H,12,14). The van der Waals surface area contributed by atoms with Crippen LogP contribution in [-0.4, -0.2) is 30.6 Å². The molecule has 2 rings (SSSR count). The molecule has 1 aliphatic carbocycles. The lowest BCUT2D eigenvalue weighted by atomic mass is 9.83. The minimum atomic E-state index is 0.154. The molecule has 3 heteroatoms. The van der Waals surface area contributed by atoms with Gasteiger partial charge in [-0.05, 0) is 25.2 Å². The van der Waals surface area contributed by atoms with Crippen molar-refractivity contribution < 1.29 is 4.79 Å². The summed E-state index contributed by atoms with van der Waals surface area (Å²) in [6, 6.07) is 0.154. The van der Waals surface area contributed by atoms with Crippen LogP contribution in [0.25, 0.3) is 0 Å². The van der Waals surface area contributed by atoms with Gasteiger partial charge in [0.25, 0.3) is 0 Å². The molecule has 0 aromatic rings. The van der Waals surface area contributed by atoms with E-state index in [0.29, 0.717) is 0 Å². The molecule has 1 saturated carbocycles. The molecule has 2 fully saturated rings. The molecule has 1 N–H and O–H groups in total. The molecule has 0 atom stereocenters. The number of hydrogen-bond acceptors (Lipinski definition) is 1. The maximum absolute atomic E-state index is 11.5. The van der Waals surface area contributed by atoms with Gasteiger partial charge < -0.3 is 10.2 Å². The highest BCUT2D eigenvalue weighted by Crippen LogP contribution is 2.28. The van der Waals surface area contributed by atoms with Crippen molar-refractivity contribution in [1.82, 2.24) is 10.2 Å². The topological polar surface area (TPSA) is 32.3 Å². The quantitative estimate of drug-likeness (QED) is 0.735. The Bertz CT molecular complexity index is 195. The molecule has 0 aromatic carbocycles. The van der Waals surface area contributed by atoms with Gasteiger partial charge in [-0.1, -0.05) is 19.3 Å². The van der Waals surface area contributed by atoms with Crippen molar-refractivity contribution in [2.24, 2.45) is 5.92 Å². The largest absolute Gasteiger partial charge is 0.338 e. The van der Waals surface area contributed by atoms with Crippen molar-refractivity contribution in [1.29, 1.82) is 0 Å². The Morgan fingerprint density at radius 1 is 1.21 bits per heavy atom. The summed E-state index contributed by atoms with van der Waals surface area (Å²) in [7, 11) is 0. The van der Waals surface area contributed by atoms with E-state index in [9.17, 15) is 4.79 Å². The second kappa shape index (κ2) is 4.67. The number of nitrogens with one attached hydrogen (secondary N) is 1. The van der Waals surface area contributed by atoms with E-state index in [2.05, 4.69) is 5.32 Å². The Morgan fingerprint density at radius 2 is 1.93 bits per heavy atom. The Labute approximate surface area is 85.8 Å². The van der Waals surface area contributed by atoms with Crippen molar-refractivity contribution in [3.05, 3.63) is 0 Å². The van der Waals surface area contributed by atoms with E-state index in [0.717, 1.165) is 25.6 Å². The lowest BCUT2D eigenvalue weighted by Crippen LogP contribution is -2.39. The van der Waals surface area contributed by atoms with Gasteiger partial charge in [-0.2, -0.15) is 0 Å². The smallest absolute Gasteiger partial charge is 0.317 e. The summed E-state index contributed by atoms with van der Waals surface area (Å²) in [4.78, 5) is 13.5. The maximum atomic E-state index is 11.5. The molecule has 1 saturated heterocycles. The van der Waals surface area contributed by atoms with Crippen molar-refractivity contribution in [3.8, 4) is 0 Å². The fraction of sp³-hybridized carbons (Fsp3) is 0.909. The zero-order chi connectivity index (χ0) is 9.80. The van der Waals surface area contributed by atoms with Crippen LogP contribution in [-0.2, 0) is 0 Å². The van der Waals surface area contributed by atoms with Gasteiger partial charge in [0.1, 0.15) is 0 Å². The van der Waals surface area contributed by atoms with Gasteiger partial charge in [-0.3, -0.25) is 0 Å². The first kappa shape index (κ1) is 9.81. The minimum absolute atomic E-state index is 0.154. The van der Waals surface area contributed by atoms with Crippen LogP contribution < -0.4 is 5.32 Å². The maximum Gasteiger partial charge on any atom is 0.317 e. The molecule has 1 heterocycles. The second-order valence-corrected chi connectivity index (χ2v) is 4.51. The number of rotatable bonds is 3. The fourth-order valence-corrected chi connectivity index (χ4v) is 2.20. The lowest BCUT2D eigenvalue weighted by molar-refractivity contribution is 0.206. The van der Waals surface area contributed by atoms with E-state index in [-0.39, 0.29) is 6.03 Å². The van der Waals surface area contributed by atoms with E-state index in [1.807, 2.05) is 4.90 Å². The number of urea groups is 1. The third kappa shape index (κ3) is 2.40. The van der Waals surface area contributed by atoms with Crippen LogP contribution in [0.1, 0.15) is 38.5 Å². The number of nitrogens with zero attached hydrogens (tertiary/aromatic N) is 1. The molecular formula is C11H20N2O. The molecule has 1 aliphatic heterocycles. The van der Waals surface area contributed by atoms with Crippen molar-refractivity contribution >= 4 is 6.03 Å². The number of amides is 2. The first-order valence-electron chi connectivity index (χ1n) is 5.89. The second-order valence-electron chi connectivity index (χ2n) is 4.51. The van der Waals surface area contributed by atoms with Crippen LogP contribution in [0.3, 0.4) is 0 Å². The normalized spacial score (nSPS) is 22.1. The highest BCUT2D eigenvalue weighted by molar-refractivity contribution is 5.74. The zero-order valence-electron chi connectivity index (χ0n) is 8.80. The Morgan fingerprint density at radius 3 is 2.50 bits per heavy atom. The SMILES string of the molecule is O=C(NCCC1CCC1)N1CCCC1. The van der Waals surface area contributed by atoms with E-state index in [4.69, 9.17) is 0 Å². The van der Waals surface area contributed by atoms with Crippen LogP contribution >= 0.6 is 0 Å². The molecule has 0 spiro atoms. The van der Waals surface area contributed by atoms with Gasteiger partial charge in [0.05, 0.1) is 0 Å². The fourth-order valence-electron chi connectivity index (χ4n) is 2.20. The third-order valence-corrected chi connectivity index (χ3v) is 3.45. The summed E-state index contributed by atoms with van der Waals surface area (Å²) in [6.45, 7) is 2.78. The van der Waals surface area contributed by atoms with Crippen LogP contribution in [0.5, 0.6) is 0 Å². The van der Waals surface area contributed by atoms with Gasteiger partial charge in [0, 0.05) is 19.6 Å². The molecule has 2 amide bonds. The molecular weight excluding hydrogens is 176 g/mol. The van der Waals surface area contributed by atoms with Gasteiger partial charge >= 0.3 is 6.03 Å². The molecule has 0 aromatic heterocycles. The van der Waals surface area contributed by atoms with E-state index >= 15 is 0 Å². The Hall–Kier alpha value is -0.730. The highest BCUT2D eigenvalue weighted by Gasteiger charge is 2.19. The Balaban J connectivity index is 1.57. The average molecular weight is 196 g/mol. The lowest BCUT2D eigenvalue weighted by Gasteiger charge is -2.25. The summed E-state index contributed by atoms with van der Waals surface area (Å²) < 4.78 is 0. The minimum Gasteiger partial charge on any atom is -0.338 e. The third-order valence-electron chi connectivity index (χ3n) is 3.45. The number of carbonyl (C=O) groups is 1. The van der Waals surface area contributed by atoms with E-state index in [1.165, 1.54) is 38.5 Å². The highest BCUT2D eigenvalue weighted by atomic mass is 16.2. The monoisotopic (exact) mass is 196 g/mol. The zero-order valence-corrected chi connectivity index (χ0v) is 8.80. The molecule has 0 radical (unpaired) electrons.